The number of benzene rings is 1. The first-order valence-corrected chi connectivity index (χ1v) is 10.8. The molecule has 0 aromatic heterocycles. The van der Waals surface area contributed by atoms with Gasteiger partial charge in [-0.1, -0.05) is 44.0 Å². The zero-order chi connectivity index (χ0) is 23.6. The SMILES string of the molecule is CNC(=O)[C@@H](NC(=O)[C@@H](CCCCOc1ccc(Cl)c(Cl)c1)CC(=O)NO)C(C)(C)C. The molecular weight excluding hydrogens is 445 g/mol. The van der Waals surface area contributed by atoms with Crippen molar-refractivity contribution in [1.29, 1.82) is 0 Å². The van der Waals surface area contributed by atoms with Crippen LogP contribution in [0.25, 0.3) is 0 Å². The van der Waals surface area contributed by atoms with Gasteiger partial charge in [-0.05, 0) is 36.8 Å². The second-order valence-electron chi connectivity index (χ2n) is 8.28. The average Bonchev–Trinajstić information content (AvgIpc) is 2.71. The summed E-state index contributed by atoms with van der Waals surface area (Å²) in [6.07, 6.45) is 1.41. The minimum atomic E-state index is -0.761. The molecule has 3 amide bonds. The van der Waals surface area contributed by atoms with Crippen LogP contribution in [-0.2, 0) is 14.4 Å². The molecule has 0 heterocycles. The van der Waals surface area contributed by atoms with E-state index < -0.39 is 29.2 Å². The van der Waals surface area contributed by atoms with Gasteiger partial charge in [-0.15, -0.1) is 0 Å². The Balaban J connectivity index is 2.66. The van der Waals surface area contributed by atoms with Crippen LogP contribution < -0.4 is 20.9 Å². The highest BCUT2D eigenvalue weighted by molar-refractivity contribution is 6.42. The van der Waals surface area contributed by atoms with Gasteiger partial charge in [-0.25, -0.2) is 5.48 Å². The summed E-state index contributed by atoms with van der Waals surface area (Å²) in [5.41, 5.74) is 1.03. The first-order chi connectivity index (χ1) is 14.5. The summed E-state index contributed by atoms with van der Waals surface area (Å²) < 4.78 is 5.63. The van der Waals surface area contributed by atoms with Crippen LogP contribution >= 0.6 is 23.2 Å². The fraction of sp³-hybridized carbons (Fsp3) is 0.571. The van der Waals surface area contributed by atoms with Gasteiger partial charge < -0.3 is 15.4 Å². The molecule has 4 N–H and O–H groups in total. The van der Waals surface area contributed by atoms with E-state index in [0.29, 0.717) is 41.7 Å². The summed E-state index contributed by atoms with van der Waals surface area (Å²) in [7, 11) is 1.50. The number of amides is 3. The number of hydrogen-bond donors (Lipinski definition) is 4. The van der Waals surface area contributed by atoms with E-state index in [9.17, 15) is 14.4 Å². The van der Waals surface area contributed by atoms with E-state index in [2.05, 4.69) is 10.6 Å². The summed E-state index contributed by atoms with van der Waals surface area (Å²) in [5.74, 6) is -1.52. The van der Waals surface area contributed by atoms with Crippen LogP contribution in [0.1, 0.15) is 46.5 Å². The number of nitrogens with one attached hydrogen (secondary N) is 3. The minimum Gasteiger partial charge on any atom is -0.494 e. The zero-order valence-electron chi connectivity index (χ0n) is 18.3. The second-order valence-corrected chi connectivity index (χ2v) is 9.09. The van der Waals surface area contributed by atoms with Gasteiger partial charge in [0.25, 0.3) is 0 Å². The van der Waals surface area contributed by atoms with Gasteiger partial charge >= 0.3 is 0 Å². The molecule has 0 aliphatic carbocycles. The smallest absolute Gasteiger partial charge is 0.244 e. The number of likely N-dealkylation sites (N-methyl/N-ethyl adjacent to an activating group) is 1. The van der Waals surface area contributed by atoms with Crippen LogP contribution in [0.2, 0.25) is 10.0 Å². The maximum Gasteiger partial charge on any atom is 0.244 e. The van der Waals surface area contributed by atoms with Crippen molar-refractivity contribution in [2.75, 3.05) is 13.7 Å². The van der Waals surface area contributed by atoms with Gasteiger partial charge in [0.05, 0.1) is 16.7 Å². The molecule has 1 aromatic rings. The average molecular weight is 476 g/mol. The van der Waals surface area contributed by atoms with Gasteiger partial charge in [0, 0.05) is 25.5 Å². The topological polar surface area (TPSA) is 117 Å². The molecule has 0 aliphatic heterocycles. The molecule has 0 saturated carbocycles. The Kier molecular flexibility index (Phi) is 11.1. The molecule has 10 heteroatoms. The van der Waals surface area contributed by atoms with Gasteiger partial charge in [-0.2, -0.15) is 0 Å². The fourth-order valence-electron chi connectivity index (χ4n) is 2.92. The zero-order valence-corrected chi connectivity index (χ0v) is 19.8. The number of hydroxylamine groups is 1. The Hall–Kier alpha value is -2.03. The van der Waals surface area contributed by atoms with E-state index in [4.69, 9.17) is 33.1 Å². The van der Waals surface area contributed by atoms with Crippen molar-refractivity contribution >= 4 is 40.9 Å². The van der Waals surface area contributed by atoms with Crippen molar-refractivity contribution in [2.45, 2.75) is 52.5 Å². The third-order valence-corrected chi connectivity index (χ3v) is 5.43. The number of halogens is 2. The summed E-state index contributed by atoms with van der Waals surface area (Å²) >= 11 is 11.8. The Morgan fingerprint density at radius 1 is 1.10 bits per heavy atom. The molecule has 0 saturated heterocycles. The summed E-state index contributed by atoms with van der Waals surface area (Å²) in [6.45, 7) is 5.90. The Morgan fingerprint density at radius 3 is 2.32 bits per heavy atom. The third kappa shape index (κ3) is 9.33. The Bertz CT molecular complexity index is 768. The van der Waals surface area contributed by atoms with E-state index in [0.717, 1.165) is 0 Å². The number of unbranched alkanes of at least 4 members (excludes halogenated alkanes) is 1. The van der Waals surface area contributed by atoms with Crippen LogP contribution in [-0.4, -0.2) is 42.6 Å². The maximum absolute atomic E-state index is 12.8. The number of carbonyl (C=O) groups is 3. The third-order valence-electron chi connectivity index (χ3n) is 4.70. The van der Waals surface area contributed by atoms with E-state index in [-0.39, 0.29) is 12.3 Å². The molecule has 8 nitrogen and oxygen atoms in total. The van der Waals surface area contributed by atoms with E-state index in [1.807, 2.05) is 20.8 Å². The van der Waals surface area contributed by atoms with Gasteiger partial charge in [-0.3, -0.25) is 19.6 Å². The van der Waals surface area contributed by atoms with Crippen molar-refractivity contribution < 1.29 is 24.3 Å². The molecule has 1 aromatic carbocycles. The molecule has 0 bridgehead atoms. The van der Waals surface area contributed by atoms with Crippen molar-refractivity contribution in [3.8, 4) is 5.75 Å². The van der Waals surface area contributed by atoms with Crippen molar-refractivity contribution in [3.63, 3.8) is 0 Å². The second kappa shape index (κ2) is 12.7. The molecule has 0 spiro atoms. The lowest BCUT2D eigenvalue weighted by molar-refractivity contribution is -0.137. The van der Waals surface area contributed by atoms with Crippen molar-refractivity contribution in [2.24, 2.45) is 11.3 Å². The highest BCUT2D eigenvalue weighted by atomic mass is 35.5. The Labute approximate surface area is 193 Å². The molecule has 31 heavy (non-hydrogen) atoms. The molecule has 1 rings (SSSR count). The fourth-order valence-corrected chi connectivity index (χ4v) is 3.21. The summed E-state index contributed by atoms with van der Waals surface area (Å²) in [5, 5.41) is 15.0. The maximum atomic E-state index is 12.8. The minimum absolute atomic E-state index is 0.194. The molecule has 0 radical (unpaired) electrons. The number of rotatable bonds is 11. The van der Waals surface area contributed by atoms with Crippen LogP contribution in [0.3, 0.4) is 0 Å². The van der Waals surface area contributed by atoms with E-state index in [1.54, 1.807) is 23.7 Å². The van der Waals surface area contributed by atoms with E-state index in [1.165, 1.54) is 7.05 Å². The summed E-state index contributed by atoms with van der Waals surface area (Å²) in [4.78, 5) is 36.7. The Morgan fingerprint density at radius 2 is 1.77 bits per heavy atom. The highest BCUT2D eigenvalue weighted by Crippen LogP contribution is 2.26. The molecule has 2 atom stereocenters. The number of hydrogen-bond acceptors (Lipinski definition) is 5. The molecular formula is C21H31Cl2N3O5. The largest absolute Gasteiger partial charge is 0.494 e. The predicted molar refractivity (Wildman–Crippen MR) is 119 cm³/mol. The highest BCUT2D eigenvalue weighted by Gasteiger charge is 2.34. The predicted octanol–water partition coefficient (Wildman–Crippen LogP) is 3.33. The monoisotopic (exact) mass is 475 g/mol. The lowest BCUT2D eigenvalue weighted by Gasteiger charge is -2.31. The lowest BCUT2D eigenvalue weighted by atomic mass is 9.85. The van der Waals surface area contributed by atoms with Crippen LogP contribution in [0.4, 0.5) is 0 Å². The van der Waals surface area contributed by atoms with E-state index >= 15 is 0 Å². The van der Waals surface area contributed by atoms with Gasteiger partial charge in [0.15, 0.2) is 0 Å². The first-order valence-electron chi connectivity index (χ1n) is 10.0. The standard InChI is InChI=1S/C21H31Cl2N3O5/c1-21(2,3)18(20(29)24-4)25-19(28)13(11-17(27)26-30)7-5-6-10-31-14-8-9-15(22)16(23)12-14/h8-9,12-13,18,30H,5-7,10-11H2,1-4H3,(H,24,29)(H,25,28)(H,26,27)/t13-,18+/m0/s1. The molecule has 0 unspecified atom stereocenters. The first kappa shape index (κ1) is 27.0. The molecule has 174 valence electrons. The number of carbonyl (C=O) groups excluding carboxylic acids is 3. The number of ether oxygens (including phenoxy) is 1. The molecule has 0 fully saturated rings. The normalized spacial score (nSPS) is 13.1. The van der Waals surface area contributed by atoms with Crippen LogP contribution in [0.15, 0.2) is 18.2 Å². The summed E-state index contributed by atoms with van der Waals surface area (Å²) in [6, 6.07) is 4.21. The van der Waals surface area contributed by atoms with Crippen LogP contribution in [0, 0.1) is 11.3 Å². The molecule has 0 aliphatic rings. The van der Waals surface area contributed by atoms with Crippen molar-refractivity contribution in [1.82, 2.24) is 16.1 Å². The van der Waals surface area contributed by atoms with Gasteiger partial charge in [0.1, 0.15) is 11.8 Å². The quantitative estimate of drug-likeness (QED) is 0.222. The van der Waals surface area contributed by atoms with Gasteiger partial charge in [0.2, 0.25) is 17.7 Å². The van der Waals surface area contributed by atoms with Crippen LogP contribution in [0.5, 0.6) is 5.75 Å². The lowest BCUT2D eigenvalue weighted by Crippen LogP contribution is -2.54. The van der Waals surface area contributed by atoms with Crippen molar-refractivity contribution in [3.05, 3.63) is 28.2 Å².